The van der Waals surface area contributed by atoms with E-state index in [-0.39, 0.29) is 13.0 Å². The molecule has 0 radical (unpaired) electrons. The van der Waals surface area contributed by atoms with E-state index in [9.17, 15) is 13.2 Å². The molecule has 72 valence electrons. The van der Waals surface area contributed by atoms with Crippen molar-refractivity contribution >= 4 is 0 Å². The van der Waals surface area contributed by atoms with Crippen LogP contribution in [0.2, 0.25) is 0 Å². The predicted molar refractivity (Wildman–Crippen MR) is 40.7 cm³/mol. The Bertz CT molecular complexity index is 301. The molecule has 0 aliphatic carbocycles. The number of phenolic OH excluding ortho intramolecular Hbond substituents is 1. The Balaban J connectivity index is 3.28. The first-order chi connectivity index (χ1) is 6.07. The molecule has 1 aromatic carbocycles. The lowest BCUT2D eigenvalue weighted by atomic mass is 10.1. The minimum absolute atomic E-state index is 0.0171. The van der Waals surface area contributed by atoms with Crippen LogP contribution >= 0.6 is 0 Å². The van der Waals surface area contributed by atoms with Gasteiger partial charge in [-0.05, 0) is 13.0 Å². The molecule has 1 aromatic rings. The van der Waals surface area contributed by atoms with Crippen molar-refractivity contribution < 1.29 is 18.3 Å². The van der Waals surface area contributed by atoms with Crippen molar-refractivity contribution in [3.05, 3.63) is 29.1 Å². The van der Waals surface area contributed by atoms with Crippen molar-refractivity contribution in [3.8, 4) is 5.75 Å². The number of rotatable bonds is 2. The van der Waals surface area contributed by atoms with Crippen molar-refractivity contribution in [2.24, 2.45) is 5.73 Å². The van der Waals surface area contributed by atoms with E-state index in [0.29, 0.717) is 6.07 Å². The first kappa shape index (κ1) is 9.85. The molecule has 0 bridgehead atoms. The van der Waals surface area contributed by atoms with Gasteiger partial charge in [0.15, 0.2) is 23.2 Å². The molecule has 0 unspecified atom stereocenters. The summed E-state index contributed by atoms with van der Waals surface area (Å²) in [6.07, 6.45) is -0.150. The van der Waals surface area contributed by atoms with E-state index < -0.39 is 28.8 Å². The van der Waals surface area contributed by atoms with Gasteiger partial charge in [0.25, 0.3) is 0 Å². The first-order valence-electron chi connectivity index (χ1n) is 3.63. The van der Waals surface area contributed by atoms with Crippen LogP contribution in [-0.2, 0) is 6.42 Å². The first-order valence-corrected chi connectivity index (χ1v) is 3.63. The Kier molecular flexibility index (Phi) is 2.77. The minimum Gasteiger partial charge on any atom is -0.505 e. The number of nitrogens with two attached hydrogens (primary N) is 1. The summed E-state index contributed by atoms with van der Waals surface area (Å²) in [5.41, 5.74) is 4.55. The molecular weight excluding hydrogens is 183 g/mol. The van der Waals surface area contributed by atoms with Gasteiger partial charge in [-0.1, -0.05) is 0 Å². The van der Waals surface area contributed by atoms with E-state index in [1.807, 2.05) is 0 Å². The fourth-order valence-electron chi connectivity index (χ4n) is 1.01. The third kappa shape index (κ3) is 1.75. The molecule has 0 aromatic heterocycles. The fourth-order valence-corrected chi connectivity index (χ4v) is 1.01. The summed E-state index contributed by atoms with van der Waals surface area (Å²) in [7, 11) is 0. The normalized spacial score (nSPS) is 10.5. The van der Waals surface area contributed by atoms with Crippen LogP contribution in [0.25, 0.3) is 0 Å². The molecule has 2 nitrogen and oxygen atoms in total. The highest BCUT2D eigenvalue weighted by molar-refractivity contribution is 5.32. The largest absolute Gasteiger partial charge is 0.505 e. The van der Waals surface area contributed by atoms with Gasteiger partial charge in [0.2, 0.25) is 0 Å². The highest BCUT2D eigenvalue weighted by atomic mass is 19.2. The topological polar surface area (TPSA) is 46.2 Å². The second-order valence-electron chi connectivity index (χ2n) is 2.52. The van der Waals surface area contributed by atoms with Crippen molar-refractivity contribution in [1.82, 2.24) is 0 Å². The quantitative estimate of drug-likeness (QED) is 0.692. The van der Waals surface area contributed by atoms with E-state index in [2.05, 4.69) is 0 Å². The monoisotopic (exact) mass is 191 g/mol. The maximum absolute atomic E-state index is 12.9. The summed E-state index contributed by atoms with van der Waals surface area (Å²) < 4.78 is 38.4. The van der Waals surface area contributed by atoms with Crippen LogP contribution in [0.4, 0.5) is 13.2 Å². The molecule has 0 aliphatic rings. The van der Waals surface area contributed by atoms with Crippen LogP contribution in [0.1, 0.15) is 5.56 Å². The summed E-state index contributed by atoms with van der Waals surface area (Å²) in [5, 5.41) is 8.81. The molecule has 0 saturated carbocycles. The lowest BCUT2D eigenvalue weighted by Gasteiger charge is -2.05. The number of hydrogen-bond donors (Lipinski definition) is 2. The Morgan fingerprint density at radius 2 is 1.85 bits per heavy atom. The van der Waals surface area contributed by atoms with Gasteiger partial charge >= 0.3 is 0 Å². The second kappa shape index (κ2) is 3.66. The summed E-state index contributed by atoms with van der Waals surface area (Å²) >= 11 is 0. The molecule has 1 rings (SSSR count). The van der Waals surface area contributed by atoms with Crippen molar-refractivity contribution in [2.75, 3.05) is 6.54 Å². The molecule has 0 heterocycles. The van der Waals surface area contributed by atoms with Crippen LogP contribution in [-0.4, -0.2) is 11.7 Å². The van der Waals surface area contributed by atoms with E-state index in [0.717, 1.165) is 0 Å². The Labute approximate surface area is 72.8 Å². The molecule has 0 spiro atoms. The second-order valence-corrected chi connectivity index (χ2v) is 2.52. The van der Waals surface area contributed by atoms with E-state index >= 15 is 0 Å². The van der Waals surface area contributed by atoms with Crippen molar-refractivity contribution in [1.29, 1.82) is 0 Å². The van der Waals surface area contributed by atoms with Crippen LogP contribution in [0.5, 0.6) is 5.75 Å². The number of phenols is 1. The number of halogens is 3. The number of benzene rings is 1. The van der Waals surface area contributed by atoms with Gasteiger partial charge in [0.1, 0.15) is 0 Å². The zero-order valence-electron chi connectivity index (χ0n) is 6.65. The summed E-state index contributed by atoms with van der Waals surface area (Å²) in [6.45, 7) is -0.0171. The molecule has 0 atom stereocenters. The Morgan fingerprint density at radius 3 is 2.38 bits per heavy atom. The highest BCUT2D eigenvalue weighted by Crippen LogP contribution is 2.24. The molecule has 3 N–H and O–H groups in total. The Hall–Kier alpha value is -1.23. The van der Waals surface area contributed by atoms with Crippen LogP contribution in [0, 0.1) is 17.5 Å². The summed E-state index contributed by atoms with van der Waals surface area (Å²) in [6, 6.07) is 0.394. The van der Waals surface area contributed by atoms with Crippen LogP contribution < -0.4 is 5.73 Å². The zero-order chi connectivity index (χ0) is 10.0. The van der Waals surface area contributed by atoms with Gasteiger partial charge in [-0.2, -0.15) is 0 Å². The van der Waals surface area contributed by atoms with Gasteiger partial charge in [-0.15, -0.1) is 0 Å². The van der Waals surface area contributed by atoms with Gasteiger partial charge in [0.05, 0.1) is 0 Å². The summed E-state index contributed by atoms with van der Waals surface area (Å²) in [4.78, 5) is 0. The third-order valence-corrected chi connectivity index (χ3v) is 1.62. The predicted octanol–water partition coefficient (Wildman–Crippen LogP) is 1.31. The standard InChI is InChI=1S/C8H8F3NO/c9-5-3-6(13)8(11)4(1-2-12)7(5)10/h3,13H,1-2,12H2. The molecule has 0 fully saturated rings. The van der Waals surface area contributed by atoms with E-state index in [4.69, 9.17) is 10.8 Å². The molecule has 13 heavy (non-hydrogen) atoms. The smallest absolute Gasteiger partial charge is 0.171 e. The highest BCUT2D eigenvalue weighted by Gasteiger charge is 2.17. The Morgan fingerprint density at radius 1 is 1.23 bits per heavy atom. The van der Waals surface area contributed by atoms with Crippen molar-refractivity contribution in [2.45, 2.75) is 6.42 Å². The van der Waals surface area contributed by atoms with Crippen molar-refractivity contribution in [3.63, 3.8) is 0 Å². The molecule has 0 aliphatic heterocycles. The zero-order valence-corrected chi connectivity index (χ0v) is 6.65. The number of aromatic hydroxyl groups is 1. The van der Waals surface area contributed by atoms with Gasteiger partial charge in [-0.3, -0.25) is 0 Å². The summed E-state index contributed by atoms with van der Waals surface area (Å²) in [5.74, 6) is -4.62. The van der Waals surface area contributed by atoms with E-state index in [1.165, 1.54) is 0 Å². The number of hydrogen-bond acceptors (Lipinski definition) is 2. The average Bonchev–Trinajstić information content (AvgIpc) is 2.09. The average molecular weight is 191 g/mol. The van der Waals surface area contributed by atoms with Gasteiger partial charge in [0, 0.05) is 11.6 Å². The minimum atomic E-state index is -1.29. The van der Waals surface area contributed by atoms with E-state index in [1.54, 1.807) is 0 Å². The maximum atomic E-state index is 12.9. The van der Waals surface area contributed by atoms with Crippen LogP contribution in [0.3, 0.4) is 0 Å². The molecule has 0 saturated heterocycles. The maximum Gasteiger partial charge on any atom is 0.171 e. The molecular formula is C8H8F3NO. The fraction of sp³-hybridized carbons (Fsp3) is 0.250. The third-order valence-electron chi connectivity index (χ3n) is 1.62. The van der Waals surface area contributed by atoms with Crippen LogP contribution in [0.15, 0.2) is 6.07 Å². The lowest BCUT2D eigenvalue weighted by Crippen LogP contribution is -2.08. The SMILES string of the molecule is NCCc1c(F)c(O)cc(F)c1F. The lowest BCUT2D eigenvalue weighted by molar-refractivity contribution is 0.405. The molecule has 5 heteroatoms. The van der Waals surface area contributed by atoms with Gasteiger partial charge < -0.3 is 10.8 Å². The van der Waals surface area contributed by atoms with Gasteiger partial charge in [-0.25, -0.2) is 13.2 Å². The molecule has 0 amide bonds.